The van der Waals surface area contributed by atoms with Gasteiger partial charge in [-0.15, -0.1) is 0 Å². The molecular formula is C16H23N3O. The average Bonchev–Trinajstić information content (AvgIpc) is 2.42. The van der Waals surface area contributed by atoms with Gasteiger partial charge in [0.25, 0.3) is 0 Å². The topological polar surface area (TPSA) is 39.1 Å². The molecule has 0 spiro atoms. The van der Waals surface area contributed by atoms with E-state index in [4.69, 9.17) is 4.99 Å². The summed E-state index contributed by atoms with van der Waals surface area (Å²) in [5, 5.41) is 12.0. The molecule has 3 rings (SSSR count). The fourth-order valence-electron chi connectivity index (χ4n) is 3.06. The standard InChI is InChI=1S/C16H23N3O/c1-16(2,3)17-15-12-8-4-5-9-13(12)18-11-7-6-10-14(18)19(15)20/h4-5,8-9,14,20H,6-7,10-11H2,1-3H3. The molecule has 1 unspecified atom stereocenters. The normalized spacial score (nSPS) is 24.6. The van der Waals surface area contributed by atoms with Crippen LogP contribution in [0.5, 0.6) is 0 Å². The maximum absolute atomic E-state index is 10.6. The number of hydrogen-bond acceptors (Lipinski definition) is 3. The number of nitrogens with zero attached hydrogens (tertiary/aromatic N) is 3. The highest BCUT2D eigenvalue weighted by Gasteiger charge is 2.37. The molecule has 0 saturated carbocycles. The van der Waals surface area contributed by atoms with Gasteiger partial charge in [0.2, 0.25) is 0 Å². The van der Waals surface area contributed by atoms with Gasteiger partial charge in [0.1, 0.15) is 6.17 Å². The number of hydrogen-bond donors (Lipinski definition) is 1. The van der Waals surface area contributed by atoms with Gasteiger partial charge in [-0.3, -0.25) is 10.2 Å². The van der Waals surface area contributed by atoms with Crippen LogP contribution < -0.4 is 4.90 Å². The summed E-state index contributed by atoms with van der Waals surface area (Å²) in [5.74, 6) is 0.705. The monoisotopic (exact) mass is 273 g/mol. The van der Waals surface area contributed by atoms with Crippen molar-refractivity contribution in [3.8, 4) is 0 Å². The third-order valence-corrected chi connectivity index (χ3v) is 3.87. The Bertz CT molecular complexity index is 533. The highest BCUT2D eigenvalue weighted by molar-refractivity contribution is 6.05. The number of benzene rings is 1. The molecule has 4 heteroatoms. The summed E-state index contributed by atoms with van der Waals surface area (Å²) >= 11 is 0. The van der Waals surface area contributed by atoms with Crippen molar-refractivity contribution < 1.29 is 5.21 Å². The zero-order chi connectivity index (χ0) is 14.3. The van der Waals surface area contributed by atoms with Gasteiger partial charge in [-0.1, -0.05) is 12.1 Å². The Labute approximate surface area is 120 Å². The molecule has 1 aromatic rings. The number of rotatable bonds is 0. The van der Waals surface area contributed by atoms with Crippen molar-refractivity contribution in [2.45, 2.75) is 51.7 Å². The van der Waals surface area contributed by atoms with Gasteiger partial charge < -0.3 is 4.90 Å². The molecule has 1 fully saturated rings. The quantitative estimate of drug-likeness (QED) is 0.788. The first kappa shape index (κ1) is 13.4. The fraction of sp³-hybridized carbons (Fsp3) is 0.562. The molecule has 108 valence electrons. The second kappa shape index (κ2) is 4.77. The van der Waals surface area contributed by atoms with Gasteiger partial charge in [-0.25, -0.2) is 5.06 Å². The minimum Gasteiger partial charge on any atom is -0.349 e. The van der Waals surface area contributed by atoms with E-state index in [1.807, 2.05) is 12.1 Å². The zero-order valence-corrected chi connectivity index (χ0v) is 12.5. The number of amidine groups is 1. The van der Waals surface area contributed by atoms with E-state index >= 15 is 0 Å². The summed E-state index contributed by atoms with van der Waals surface area (Å²) in [7, 11) is 0. The van der Waals surface area contributed by atoms with E-state index in [0.29, 0.717) is 5.84 Å². The van der Waals surface area contributed by atoms with E-state index in [-0.39, 0.29) is 11.7 Å². The predicted octanol–water partition coefficient (Wildman–Crippen LogP) is 3.25. The van der Waals surface area contributed by atoms with Crippen molar-refractivity contribution >= 4 is 11.5 Å². The third kappa shape index (κ3) is 2.29. The minimum atomic E-state index is -0.208. The second-order valence-electron chi connectivity index (χ2n) is 6.64. The highest BCUT2D eigenvalue weighted by atomic mass is 16.5. The molecule has 0 amide bonds. The molecule has 0 aromatic heterocycles. The lowest BCUT2D eigenvalue weighted by molar-refractivity contribution is -0.0637. The average molecular weight is 273 g/mol. The zero-order valence-electron chi connectivity index (χ0n) is 12.5. The Morgan fingerprint density at radius 1 is 1.20 bits per heavy atom. The lowest BCUT2D eigenvalue weighted by atomic mass is 9.99. The Morgan fingerprint density at radius 3 is 2.70 bits per heavy atom. The summed E-state index contributed by atoms with van der Waals surface area (Å²) in [4.78, 5) is 7.05. The van der Waals surface area contributed by atoms with E-state index in [1.54, 1.807) is 0 Å². The van der Waals surface area contributed by atoms with Crippen molar-refractivity contribution in [1.29, 1.82) is 0 Å². The van der Waals surface area contributed by atoms with E-state index in [9.17, 15) is 5.21 Å². The number of aliphatic imine (C=N–C) groups is 1. The van der Waals surface area contributed by atoms with Crippen molar-refractivity contribution in [2.75, 3.05) is 11.4 Å². The van der Waals surface area contributed by atoms with E-state index in [0.717, 1.165) is 24.9 Å². The van der Waals surface area contributed by atoms with Crippen molar-refractivity contribution in [1.82, 2.24) is 5.06 Å². The van der Waals surface area contributed by atoms with Crippen molar-refractivity contribution in [3.63, 3.8) is 0 Å². The van der Waals surface area contributed by atoms with Crippen LogP contribution in [0.3, 0.4) is 0 Å². The van der Waals surface area contributed by atoms with Crippen LogP contribution in [0, 0.1) is 0 Å². The smallest absolute Gasteiger partial charge is 0.159 e. The molecule has 0 bridgehead atoms. The summed E-state index contributed by atoms with van der Waals surface area (Å²) in [6.07, 6.45) is 3.35. The molecule has 2 heterocycles. The van der Waals surface area contributed by atoms with Gasteiger partial charge >= 0.3 is 0 Å². The third-order valence-electron chi connectivity index (χ3n) is 3.87. The molecule has 20 heavy (non-hydrogen) atoms. The van der Waals surface area contributed by atoms with Crippen LogP contribution >= 0.6 is 0 Å². The highest BCUT2D eigenvalue weighted by Crippen LogP contribution is 2.35. The summed E-state index contributed by atoms with van der Waals surface area (Å²) < 4.78 is 0. The first-order chi connectivity index (χ1) is 9.47. The second-order valence-corrected chi connectivity index (χ2v) is 6.64. The molecule has 2 aliphatic rings. The summed E-state index contributed by atoms with van der Waals surface area (Å²) in [6.45, 7) is 7.18. The molecule has 2 aliphatic heterocycles. The molecule has 0 aliphatic carbocycles. The number of hydroxylamine groups is 2. The first-order valence-electron chi connectivity index (χ1n) is 7.41. The van der Waals surface area contributed by atoms with E-state index in [1.165, 1.54) is 17.2 Å². The van der Waals surface area contributed by atoms with Crippen molar-refractivity contribution in [2.24, 2.45) is 4.99 Å². The lowest BCUT2D eigenvalue weighted by Crippen LogP contribution is -2.56. The molecule has 1 saturated heterocycles. The lowest BCUT2D eigenvalue weighted by Gasteiger charge is -2.47. The van der Waals surface area contributed by atoms with Gasteiger partial charge in [0.05, 0.1) is 5.54 Å². The largest absolute Gasteiger partial charge is 0.349 e. The van der Waals surface area contributed by atoms with E-state index < -0.39 is 0 Å². The van der Waals surface area contributed by atoms with Crippen LogP contribution in [0.25, 0.3) is 0 Å². The number of fused-ring (bicyclic) bond motifs is 3. The van der Waals surface area contributed by atoms with Crippen LogP contribution in [0.2, 0.25) is 0 Å². The first-order valence-corrected chi connectivity index (χ1v) is 7.41. The molecule has 4 nitrogen and oxygen atoms in total. The number of para-hydroxylation sites is 1. The van der Waals surface area contributed by atoms with Crippen LogP contribution in [-0.2, 0) is 0 Å². The molecule has 1 atom stereocenters. The molecular weight excluding hydrogens is 250 g/mol. The van der Waals surface area contributed by atoms with Gasteiger partial charge in [-0.2, -0.15) is 0 Å². The SMILES string of the molecule is CC(C)(C)N=C1c2ccccc2N2CCCCC2N1O. The van der Waals surface area contributed by atoms with Crippen LogP contribution in [0.4, 0.5) is 5.69 Å². The summed E-state index contributed by atoms with van der Waals surface area (Å²) in [6, 6.07) is 8.26. The maximum atomic E-state index is 10.6. The minimum absolute atomic E-state index is 0.0275. The van der Waals surface area contributed by atoms with Crippen LogP contribution in [-0.4, -0.2) is 34.4 Å². The fourth-order valence-corrected chi connectivity index (χ4v) is 3.06. The Morgan fingerprint density at radius 2 is 1.95 bits per heavy atom. The molecule has 0 radical (unpaired) electrons. The Kier molecular flexibility index (Phi) is 3.21. The summed E-state index contributed by atoms with van der Waals surface area (Å²) in [5.41, 5.74) is 2.02. The molecule has 1 N–H and O–H groups in total. The number of anilines is 1. The van der Waals surface area contributed by atoms with E-state index in [2.05, 4.69) is 37.8 Å². The van der Waals surface area contributed by atoms with Crippen molar-refractivity contribution in [3.05, 3.63) is 29.8 Å². The van der Waals surface area contributed by atoms with Gasteiger partial charge in [0, 0.05) is 17.8 Å². The Hall–Kier alpha value is -1.55. The number of piperidine rings is 1. The van der Waals surface area contributed by atoms with Gasteiger partial charge in [-0.05, 0) is 52.2 Å². The maximum Gasteiger partial charge on any atom is 0.159 e. The Balaban J connectivity index is 2.13. The van der Waals surface area contributed by atoms with Crippen LogP contribution in [0.15, 0.2) is 29.3 Å². The van der Waals surface area contributed by atoms with Gasteiger partial charge in [0.15, 0.2) is 5.84 Å². The molecule has 1 aromatic carbocycles. The predicted molar refractivity (Wildman–Crippen MR) is 81.3 cm³/mol. The van der Waals surface area contributed by atoms with Crippen LogP contribution in [0.1, 0.15) is 45.6 Å².